The van der Waals surface area contributed by atoms with Gasteiger partial charge in [0, 0.05) is 24.0 Å². The normalized spacial score (nSPS) is 17.9. The summed E-state index contributed by atoms with van der Waals surface area (Å²) < 4.78 is 0. The Kier molecular flexibility index (Phi) is 7.29. The van der Waals surface area contributed by atoms with Gasteiger partial charge in [0.05, 0.1) is 5.92 Å². The van der Waals surface area contributed by atoms with E-state index in [0.717, 1.165) is 37.3 Å². The van der Waals surface area contributed by atoms with Gasteiger partial charge in [-0.1, -0.05) is 30.3 Å². The lowest BCUT2D eigenvalue weighted by Crippen LogP contribution is -2.37. The average molecular weight is 360 g/mol. The number of amides is 1. The van der Waals surface area contributed by atoms with Gasteiger partial charge < -0.3 is 16.0 Å². The van der Waals surface area contributed by atoms with Crippen LogP contribution in [0.1, 0.15) is 31.4 Å². The SMILES string of the molecule is CC(Nc1ccc(NC(=O)C2CCCNC2)cc1)c1ccccc1.Cl. The van der Waals surface area contributed by atoms with Crippen LogP contribution < -0.4 is 16.0 Å². The molecule has 2 atom stereocenters. The number of halogens is 1. The van der Waals surface area contributed by atoms with Gasteiger partial charge in [0.2, 0.25) is 5.91 Å². The maximum Gasteiger partial charge on any atom is 0.228 e. The van der Waals surface area contributed by atoms with E-state index in [-0.39, 0.29) is 30.3 Å². The lowest BCUT2D eigenvalue weighted by Gasteiger charge is -2.22. The lowest BCUT2D eigenvalue weighted by molar-refractivity contribution is -0.120. The molecular formula is C20H26ClN3O. The predicted molar refractivity (Wildman–Crippen MR) is 106 cm³/mol. The first-order valence-corrected chi connectivity index (χ1v) is 8.65. The first-order valence-electron chi connectivity index (χ1n) is 8.65. The van der Waals surface area contributed by atoms with Crippen LogP contribution >= 0.6 is 12.4 Å². The second kappa shape index (κ2) is 9.44. The molecule has 4 nitrogen and oxygen atoms in total. The summed E-state index contributed by atoms with van der Waals surface area (Å²) in [7, 11) is 0. The molecule has 1 fully saturated rings. The van der Waals surface area contributed by atoms with Crippen molar-refractivity contribution in [3.63, 3.8) is 0 Å². The van der Waals surface area contributed by atoms with Crippen LogP contribution in [0.4, 0.5) is 11.4 Å². The van der Waals surface area contributed by atoms with E-state index < -0.39 is 0 Å². The monoisotopic (exact) mass is 359 g/mol. The van der Waals surface area contributed by atoms with Gasteiger partial charge in [-0.15, -0.1) is 12.4 Å². The summed E-state index contributed by atoms with van der Waals surface area (Å²) in [6, 6.07) is 18.5. The van der Waals surface area contributed by atoms with Crippen molar-refractivity contribution in [2.75, 3.05) is 23.7 Å². The van der Waals surface area contributed by atoms with Crippen LogP contribution in [-0.2, 0) is 4.79 Å². The number of carbonyl (C=O) groups excluding carboxylic acids is 1. The number of nitrogens with one attached hydrogen (secondary N) is 3. The Morgan fingerprint density at radius 3 is 2.40 bits per heavy atom. The van der Waals surface area contributed by atoms with Crippen molar-refractivity contribution in [3.8, 4) is 0 Å². The number of piperidine rings is 1. The molecule has 0 aromatic heterocycles. The number of benzene rings is 2. The fourth-order valence-corrected chi connectivity index (χ4v) is 3.04. The highest BCUT2D eigenvalue weighted by atomic mass is 35.5. The van der Waals surface area contributed by atoms with E-state index in [9.17, 15) is 4.79 Å². The average Bonchev–Trinajstić information content (AvgIpc) is 2.65. The topological polar surface area (TPSA) is 53.2 Å². The van der Waals surface area contributed by atoms with Crippen LogP contribution in [0, 0.1) is 5.92 Å². The zero-order valence-electron chi connectivity index (χ0n) is 14.5. The Bertz CT molecular complexity index is 654. The van der Waals surface area contributed by atoms with Gasteiger partial charge in [-0.05, 0) is 56.1 Å². The van der Waals surface area contributed by atoms with Crippen LogP contribution in [0.3, 0.4) is 0 Å². The highest BCUT2D eigenvalue weighted by Crippen LogP contribution is 2.21. The number of hydrogen-bond acceptors (Lipinski definition) is 3. The molecule has 3 N–H and O–H groups in total. The van der Waals surface area contributed by atoms with E-state index in [2.05, 4.69) is 35.0 Å². The Balaban J connectivity index is 0.00000225. The molecule has 0 aliphatic carbocycles. The zero-order valence-corrected chi connectivity index (χ0v) is 15.3. The van der Waals surface area contributed by atoms with E-state index in [1.165, 1.54) is 5.56 Å². The van der Waals surface area contributed by atoms with Gasteiger partial charge in [-0.25, -0.2) is 0 Å². The molecule has 0 spiro atoms. The number of anilines is 2. The summed E-state index contributed by atoms with van der Waals surface area (Å²) in [5.74, 6) is 0.190. The number of rotatable bonds is 5. The third-order valence-corrected chi connectivity index (χ3v) is 4.50. The molecule has 5 heteroatoms. The second-order valence-electron chi connectivity index (χ2n) is 6.39. The molecule has 1 heterocycles. The smallest absolute Gasteiger partial charge is 0.228 e. The highest BCUT2D eigenvalue weighted by Gasteiger charge is 2.20. The Morgan fingerprint density at radius 1 is 1.08 bits per heavy atom. The fourth-order valence-electron chi connectivity index (χ4n) is 3.04. The van der Waals surface area contributed by atoms with Crippen molar-refractivity contribution < 1.29 is 4.79 Å². The maximum absolute atomic E-state index is 12.2. The molecule has 1 aliphatic heterocycles. The van der Waals surface area contributed by atoms with Gasteiger partial charge >= 0.3 is 0 Å². The molecule has 3 rings (SSSR count). The Morgan fingerprint density at radius 2 is 1.76 bits per heavy atom. The quantitative estimate of drug-likeness (QED) is 0.749. The van der Waals surface area contributed by atoms with Crippen molar-refractivity contribution in [2.45, 2.75) is 25.8 Å². The number of carbonyl (C=O) groups is 1. The van der Waals surface area contributed by atoms with Crippen LogP contribution in [0.5, 0.6) is 0 Å². The summed E-state index contributed by atoms with van der Waals surface area (Å²) in [6.45, 7) is 3.94. The van der Waals surface area contributed by atoms with Crippen molar-refractivity contribution in [3.05, 3.63) is 60.2 Å². The molecule has 1 amide bonds. The molecule has 0 saturated carbocycles. The zero-order chi connectivity index (χ0) is 16.8. The van der Waals surface area contributed by atoms with E-state index in [1.54, 1.807) is 0 Å². The molecule has 25 heavy (non-hydrogen) atoms. The third-order valence-electron chi connectivity index (χ3n) is 4.50. The molecule has 2 unspecified atom stereocenters. The Labute approximate surface area is 155 Å². The first kappa shape index (κ1) is 19.3. The molecule has 2 aromatic carbocycles. The minimum atomic E-state index is 0. The van der Waals surface area contributed by atoms with Gasteiger partial charge in [-0.2, -0.15) is 0 Å². The van der Waals surface area contributed by atoms with Gasteiger partial charge in [0.1, 0.15) is 0 Å². The summed E-state index contributed by atoms with van der Waals surface area (Å²) in [6.07, 6.45) is 2.03. The molecule has 1 saturated heterocycles. The minimum absolute atomic E-state index is 0. The summed E-state index contributed by atoms with van der Waals surface area (Å²) in [5.41, 5.74) is 3.15. The van der Waals surface area contributed by atoms with Gasteiger partial charge in [0.25, 0.3) is 0 Å². The van der Waals surface area contributed by atoms with Crippen molar-refractivity contribution in [1.29, 1.82) is 0 Å². The molecule has 0 bridgehead atoms. The third kappa shape index (κ3) is 5.48. The van der Waals surface area contributed by atoms with Crippen molar-refractivity contribution in [1.82, 2.24) is 5.32 Å². The first-order chi connectivity index (χ1) is 11.7. The van der Waals surface area contributed by atoms with Gasteiger partial charge in [-0.3, -0.25) is 4.79 Å². The Hall–Kier alpha value is -2.04. The predicted octanol–water partition coefficient (Wildman–Crippen LogP) is 4.22. The second-order valence-corrected chi connectivity index (χ2v) is 6.39. The standard InChI is InChI=1S/C20H25N3O.ClH/c1-15(16-6-3-2-4-7-16)22-18-9-11-19(12-10-18)23-20(24)17-8-5-13-21-14-17;/h2-4,6-7,9-12,15,17,21-22H,5,8,13-14H2,1H3,(H,23,24);1H. The fraction of sp³-hybridized carbons (Fsp3) is 0.350. The minimum Gasteiger partial charge on any atom is -0.379 e. The van der Waals surface area contributed by atoms with Crippen LogP contribution in [-0.4, -0.2) is 19.0 Å². The van der Waals surface area contributed by atoms with E-state index in [4.69, 9.17) is 0 Å². The molecule has 134 valence electrons. The van der Waals surface area contributed by atoms with E-state index in [1.807, 2.05) is 42.5 Å². The molecule has 1 aliphatic rings. The van der Waals surface area contributed by atoms with E-state index >= 15 is 0 Å². The summed E-state index contributed by atoms with van der Waals surface area (Å²) >= 11 is 0. The summed E-state index contributed by atoms with van der Waals surface area (Å²) in [4.78, 5) is 12.2. The van der Waals surface area contributed by atoms with Gasteiger partial charge in [0.15, 0.2) is 0 Å². The van der Waals surface area contributed by atoms with Crippen molar-refractivity contribution in [2.24, 2.45) is 5.92 Å². The van der Waals surface area contributed by atoms with Crippen LogP contribution in [0.2, 0.25) is 0 Å². The summed E-state index contributed by atoms with van der Waals surface area (Å²) in [5, 5.41) is 9.77. The van der Waals surface area contributed by atoms with Crippen LogP contribution in [0.25, 0.3) is 0 Å². The highest BCUT2D eigenvalue weighted by molar-refractivity contribution is 5.92. The molecule has 0 radical (unpaired) electrons. The largest absolute Gasteiger partial charge is 0.379 e. The lowest BCUT2D eigenvalue weighted by atomic mass is 9.99. The molecule has 2 aromatic rings. The van der Waals surface area contributed by atoms with Crippen molar-refractivity contribution >= 4 is 29.7 Å². The van der Waals surface area contributed by atoms with E-state index in [0.29, 0.717) is 0 Å². The molecular weight excluding hydrogens is 334 g/mol. The number of hydrogen-bond donors (Lipinski definition) is 3. The maximum atomic E-state index is 12.2. The van der Waals surface area contributed by atoms with Crippen LogP contribution in [0.15, 0.2) is 54.6 Å².